The van der Waals surface area contributed by atoms with Gasteiger partial charge in [-0.15, -0.1) is 0 Å². The molecular formula is C16H26O4. The maximum absolute atomic E-state index is 9.21. The third-order valence-corrected chi connectivity index (χ3v) is 3.13. The van der Waals surface area contributed by atoms with Crippen molar-refractivity contribution in [2.75, 3.05) is 20.0 Å². The third-order valence-electron chi connectivity index (χ3n) is 3.13. The van der Waals surface area contributed by atoms with E-state index >= 15 is 0 Å². The van der Waals surface area contributed by atoms with Crippen LogP contribution in [0.1, 0.15) is 50.7 Å². The molecule has 0 aliphatic rings. The highest BCUT2D eigenvalue weighted by Gasteiger charge is 2.15. The number of para-hydroxylation sites is 1. The summed E-state index contributed by atoms with van der Waals surface area (Å²) in [5, 5.41) is 17.9. The normalized spacial score (nSPS) is 13.0. The van der Waals surface area contributed by atoms with Crippen LogP contribution in [0.5, 0.6) is 5.75 Å². The minimum Gasteiger partial charge on any atom is -0.467 e. The van der Waals surface area contributed by atoms with E-state index < -0.39 is 6.10 Å². The van der Waals surface area contributed by atoms with Crippen molar-refractivity contribution in [2.24, 2.45) is 0 Å². The van der Waals surface area contributed by atoms with Gasteiger partial charge in [-0.05, 0) is 23.0 Å². The van der Waals surface area contributed by atoms with Crippen LogP contribution < -0.4 is 4.74 Å². The first-order chi connectivity index (χ1) is 9.47. The molecule has 4 heteroatoms. The summed E-state index contributed by atoms with van der Waals surface area (Å²) in [5.41, 5.74) is 2.31. The van der Waals surface area contributed by atoms with Crippen molar-refractivity contribution in [2.45, 2.75) is 45.6 Å². The lowest BCUT2D eigenvalue weighted by molar-refractivity contribution is -0.0441. The lowest BCUT2D eigenvalue weighted by Gasteiger charge is -2.20. The number of aliphatic hydroxyl groups excluding tert-OH is 2. The number of hydrogen-bond donors (Lipinski definition) is 2. The molecule has 0 aliphatic carbocycles. The minimum atomic E-state index is -0.858. The van der Waals surface area contributed by atoms with Gasteiger partial charge in [-0.3, -0.25) is 0 Å². The Bertz CT molecular complexity index is 375. The average Bonchev–Trinajstić information content (AvgIpc) is 2.42. The molecule has 0 saturated carbocycles. The summed E-state index contributed by atoms with van der Waals surface area (Å²) in [7, 11) is 0. The fourth-order valence-corrected chi connectivity index (χ4v) is 1.99. The van der Waals surface area contributed by atoms with Crippen LogP contribution in [0.3, 0.4) is 0 Å². The minimum absolute atomic E-state index is 0.0668. The van der Waals surface area contributed by atoms with E-state index in [0.29, 0.717) is 11.8 Å². The Morgan fingerprint density at radius 2 is 1.60 bits per heavy atom. The molecule has 0 fully saturated rings. The standard InChI is InChI=1S/C16H26O4/c1-11(2)14-6-5-7-15(12(3)4)16(14)20-10-19-9-13(18)8-17/h5-7,11-13,17-18H,8-10H2,1-4H3. The third kappa shape index (κ3) is 4.78. The molecular weight excluding hydrogens is 256 g/mol. The SMILES string of the molecule is CC(C)c1cccc(C(C)C)c1OCOCC(O)CO. The zero-order chi connectivity index (χ0) is 15.1. The molecule has 2 N–H and O–H groups in total. The van der Waals surface area contributed by atoms with Crippen molar-refractivity contribution in [1.29, 1.82) is 0 Å². The Balaban J connectivity index is 2.75. The maximum atomic E-state index is 9.21. The van der Waals surface area contributed by atoms with Crippen molar-refractivity contribution in [3.63, 3.8) is 0 Å². The van der Waals surface area contributed by atoms with E-state index in [1.807, 2.05) is 6.07 Å². The van der Waals surface area contributed by atoms with Crippen LogP contribution in [0.4, 0.5) is 0 Å². The van der Waals surface area contributed by atoms with E-state index in [0.717, 1.165) is 16.9 Å². The Labute approximate surface area is 121 Å². The van der Waals surface area contributed by atoms with Crippen LogP contribution in [0.25, 0.3) is 0 Å². The molecule has 1 atom stereocenters. The van der Waals surface area contributed by atoms with Gasteiger partial charge in [0.2, 0.25) is 0 Å². The van der Waals surface area contributed by atoms with Crippen molar-refractivity contribution in [3.8, 4) is 5.75 Å². The van der Waals surface area contributed by atoms with Crippen LogP contribution in [0, 0.1) is 0 Å². The number of aliphatic hydroxyl groups is 2. The van der Waals surface area contributed by atoms with E-state index in [1.54, 1.807) is 0 Å². The summed E-state index contributed by atoms with van der Waals surface area (Å²) < 4.78 is 11.0. The molecule has 1 unspecified atom stereocenters. The number of ether oxygens (including phenoxy) is 2. The Morgan fingerprint density at radius 1 is 1.05 bits per heavy atom. The highest BCUT2D eigenvalue weighted by atomic mass is 16.7. The maximum Gasteiger partial charge on any atom is 0.189 e. The Kier molecular flexibility index (Phi) is 6.99. The molecule has 0 saturated heterocycles. The van der Waals surface area contributed by atoms with Crippen LogP contribution in [0.15, 0.2) is 18.2 Å². The van der Waals surface area contributed by atoms with Gasteiger partial charge in [0.15, 0.2) is 6.79 Å². The monoisotopic (exact) mass is 282 g/mol. The largest absolute Gasteiger partial charge is 0.467 e. The van der Waals surface area contributed by atoms with Gasteiger partial charge < -0.3 is 19.7 Å². The molecule has 20 heavy (non-hydrogen) atoms. The highest BCUT2D eigenvalue weighted by molar-refractivity contribution is 5.44. The second-order valence-corrected chi connectivity index (χ2v) is 5.54. The van der Waals surface area contributed by atoms with E-state index in [1.165, 1.54) is 0 Å². The van der Waals surface area contributed by atoms with Crippen LogP contribution >= 0.6 is 0 Å². The van der Waals surface area contributed by atoms with E-state index in [-0.39, 0.29) is 20.0 Å². The van der Waals surface area contributed by atoms with Crippen molar-refractivity contribution in [1.82, 2.24) is 0 Å². The van der Waals surface area contributed by atoms with Crippen LogP contribution in [-0.4, -0.2) is 36.3 Å². The van der Waals surface area contributed by atoms with E-state index in [2.05, 4.69) is 39.8 Å². The molecule has 0 heterocycles. The van der Waals surface area contributed by atoms with Gasteiger partial charge in [-0.25, -0.2) is 0 Å². The van der Waals surface area contributed by atoms with Gasteiger partial charge in [-0.2, -0.15) is 0 Å². The quantitative estimate of drug-likeness (QED) is 0.568. The summed E-state index contributed by atoms with van der Waals surface area (Å²) in [4.78, 5) is 0. The van der Waals surface area contributed by atoms with Crippen LogP contribution in [-0.2, 0) is 4.74 Å². The van der Waals surface area contributed by atoms with Crippen molar-refractivity contribution in [3.05, 3.63) is 29.3 Å². The fraction of sp³-hybridized carbons (Fsp3) is 0.625. The second-order valence-electron chi connectivity index (χ2n) is 5.54. The molecule has 0 bridgehead atoms. The smallest absolute Gasteiger partial charge is 0.189 e. The summed E-state index contributed by atoms with van der Waals surface area (Å²) in [6.07, 6.45) is -0.858. The van der Waals surface area contributed by atoms with Gasteiger partial charge in [0, 0.05) is 0 Å². The molecule has 1 aromatic rings. The summed E-state index contributed by atoms with van der Waals surface area (Å²) in [5.74, 6) is 1.61. The Hall–Kier alpha value is -1.10. The first kappa shape index (κ1) is 17.0. The van der Waals surface area contributed by atoms with Gasteiger partial charge >= 0.3 is 0 Å². The van der Waals surface area contributed by atoms with Gasteiger partial charge in [-0.1, -0.05) is 45.9 Å². The number of rotatable bonds is 8. The van der Waals surface area contributed by atoms with Gasteiger partial charge in [0.1, 0.15) is 11.9 Å². The molecule has 0 aromatic heterocycles. The molecule has 1 aromatic carbocycles. The summed E-state index contributed by atoms with van der Waals surface area (Å²) in [6.45, 7) is 8.34. The summed E-state index contributed by atoms with van der Waals surface area (Å²) in [6, 6.07) is 6.18. The fourth-order valence-electron chi connectivity index (χ4n) is 1.99. The molecule has 0 radical (unpaired) electrons. The van der Waals surface area contributed by atoms with Gasteiger partial charge in [0.25, 0.3) is 0 Å². The lowest BCUT2D eigenvalue weighted by atomic mass is 9.94. The predicted octanol–water partition coefficient (Wildman–Crippen LogP) is 2.64. The lowest BCUT2D eigenvalue weighted by Crippen LogP contribution is -2.21. The Morgan fingerprint density at radius 3 is 2.05 bits per heavy atom. The zero-order valence-corrected chi connectivity index (χ0v) is 12.8. The average molecular weight is 282 g/mol. The molecule has 114 valence electrons. The topological polar surface area (TPSA) is 58.9 Å². The van der Waals surface area contributed by atoms with E-state index in [4.69, 9.17) is 14.6 Å². The highest BCUT2D eigenvalue weighted by Crippen LogP contribution is 2.34. The van der Waals surface area contributed by atoms with E-state index in [9.17, 15) is 5.11 Å². The van der Waals surface area contributed by atoms with Crippen molar-refractivity contribution >= 4 is 0 Å². The van der Waals surface area contributed by atoms with Crippen molar-refractivity contribution < 1.29 is 19.7 Å². The predicted molar refractivity (Wildman–Crippen MR) is 79.2 cm³/mol. The molecule has 0 amide bonds. The van der Waals surface area contributed by atoms with Crippen LogP contribution in [0.2, 0.25) is 0 Å². The first-order valence-corrected chi connectivity index (χ1v) is 7.09. The second kappa shape index (κ2) is 8.25. The molecule has 0 spiro atoms. The molecule has 0 aliphatic heterocycles. The summed E-state index contributed by atoms with van der Waals surface area (Å²) >= 11 is 0. The van der Waals surface area contributed by atoms with Gasteiger partial charge in [0.05, 0.1) is 13.2 Å². The first-order valence-electron chi connectivity index (χ1n) is 7.09. The molecule has 1 rings (SSSR count). The zero-order valence-electron chi connectivity index (χ0n) is 12.8. The number of benzene rings is 1. The molecule has 4 nitrogen and oxygen atoms in total. The number of hydrogen-bond acceptors (Lipinski definition) is 4.